The zero-order chi connectivity index (χ0) is 8.36. The Morgan fingerprint density at radius 2 is 1.90 bits per heavy atom. The van der Waals surface area contributed by atoms with Gasteiger partial charge in [0.2, 0.25) is 0 Å². The third-order valence-electron chi connectivity index (χ3n) is 1.82. The van der Waals surface area contributed by atoms with Gasteiger partial charge in [0.25, 0.3) is 0 Å². The number of ketones is 1. The van der Waals surface area contributed by atoms with Crippen LogP contribution in [-0.2, 0) is 4.79 Å². The summed E-state index contributed by atoms with van der Waals surface area (Å²) < 4.78 is 0. The molecule has 0 bridgehead atoms. The number of carbonyl (C=O) groups is 1. The number of carbonyl (C=O) groups excluding carboxylic acids is 1. The average Bonchev–Trinajstić information content (AvgIpc) is 1.86. The highest BCUT2D eigenvalue weighted by atomic mass is 32.2. The molecule has 0 atom stereocenters. The summed E-state index contributed by atoms with van der Waals surface area (Å²) in [6.07, 6.45) is 1.94. The van der Waals surface area contributed by atoms with Gasteiger partial charge >= 0.3 is 0 Å². The van der Waals surface area contributed by atoms with Crippen molar-refractivity contribution in [3.05, 3.63) is 11.5 Å². The molecule has 0 radical (unpaired) electrons. The van der Waals surface area contributed by atoms with Gasteiger partial charge in [0.05, 0.1) is 5.41 Å². The van der Waals surface area contributed by atoms with Crippen molar-refractivity contribution in [1.29, 1.82) is 0 Å². The molecule has 0 heterocycles. The number of Topliss-reactive ketones (excluding diaryl/α,β-unsaturated/α-hetero) is 1. The maximum Gasteiger partial charge on any atom is 0.140 e. The van der Waals surface area contributed by atoms with E-state index < -0.39 is 0 Å². The van der Waals surface area contributed by atoms with Crippen molar-refractivity contribution in [3.8, 4) is 0 Å². The predicted molar refractivity (Wildman–Crippen MR) is 47.1 cm³/mol. The van der Waals surface area contributed by atoms with Crippen LogP contribution in [0, 0.1) is 5.41 Å². The molecule has 0 spiro atoms. The molecule has 0 saturated heterocycles. The molecule has 58 valence electrons. The number of allylic oxidation sites excluding steroid dienone is 1. The first-order valence-electron chi connectivity index (χ1n) is 3.17. The molecule has 0 amide bonds. The van der Waals surface area contributed by atoms with E-state index in [9.17, 15) is 4.79 Å². The molecule has 0 N–H and O–H groups in total. The molecule has 1 nitrogen and oxygen atoms in total. The minimum atomic E-state index is -0.362. The summed E-state index contributed by atoms with van der Waals surface area (Å²) in [6, 6.07) is 0. The first-order chi connectivity index (χ1) is 4.42. The lowest BCUT2D eigenvalue weighted by Gasteiger charge is -2.21. The molecule has 0 aliphatic carbocycles. The Morgan fingerprint density at radius 3 is 2.00 bits per heavy atom. The molecule has 10 heavy (non-hydrogen) atoms. The molecule has 0 aliphatic heterocycles. The largest absolute Gasteiger partial charge is 0.299 e. The van der Waals surface area contributed by atoms with Crippen molar-refractivity contribution in [2.45, 2.75) is 20.8 Å². The highest BCUT2D eigenvalue weighted by molar-refractivity contribution is 8.02. The van der Waals surface area contributed by atoms with E-state index in [1.165, 1.54) is 0 Å². The molecular formula is C8H14OS. The van der Waals surface area contributed by atoms with Gasteiger partial charge in [-0.15, -0.1) is 11.8 Å². The first-order valence-corrected chi connectivity index (χ1v) is 4.39. The Balaban J connectivity index is 4.40. The average molecular weight is 158 g/mol. The fraction of sp³-hybridized carbons (Fsp3) is 0.625. The maximum absolute atomic E-state index is 11.0. The van der Waals surface area contributed by atoms with Crippen molar-refractivity contribution < 1.29 is 4.79 Å². The third kappa shape index (κ3) is 1.87. The fourth-order valence-electron chi connectivity index (χ4n) is 0.451. The molecule has 0 aromatic rings. The number of hydrogen-bond donors (Lipinski definition) is 0. The zero-order valence-corrected chi connectivity index (χ0v) is 7.84. The predicted octanol–water partition coefficient (Wildman–Crippen LogP) is 2.48. The van der Waals surface area contributed by atoms with Gasteiger partial charge in [0.1, 0.15) is 5.78 Å². The number of thioether (sulfide) groups is 1. The molecule has 0 aromatic carbocycles. The van der Waals surface area contributed by atoms with Gasteiger partial charge in [0.15, 0.2) is 0 Å². The Labute approximate surface area is 66.9 Å². The van der Waals surface area contributed by atoms with E-state index in [1.54, 1.807) is 18.7 Å². The minimum Gasteiger partial charge on any atom is -0.299 e. The van der Waals surface area contributed by atoms with Crippen LogP contribution in [0.5, 0.6) is 0 Å². The number of rotatable bonds is 3. The van der Waals surface area contributed by atoms with Crippen LogP contribution in [0.25, 0.3) is 0 Å². The van der Waals surface area contributed by atoms with Gasteiger partial charge in [0, 0.05) is 0 Å². The smallest absolute Gasteiger partial charge is 0.140 e. The van der Waals surface area contributed by atoms with Crippen LogP contribution < -0.4 is 0 Å². The summed E-state index contributed by atoms with van der Waals surface area (Å²) in [5, 5.41) is 0. The monoisotopic (exact) mass is 158 g/mol. The Bertz CT molecular complexity index is 159. The van der Waals surface area contributed by atoms with Gasteiger partial charge in [-0.2, -0.15) is 0 Å². The van der Waals surface area contributed by atoms with E-state index in [1.807, 2.05) is 20.1 Å². The summed E-state index contributed by atoms with van der Waals surface area (Å²) in [5.74, 6) is 0.173. The van der Waals surface area contributed by atoms with E-state index >= 15 is 0 Å². The normalized spacial score (nSPS) is 11.2. The maximum atomic E-state index is 11.0. The van der Waals surface area contributed by atoms with Gasteiger partial charge in [-0.05, 0) is 31.9 Å². The van der Waals surface area contributed by atoms with Crippen molar-refractivity contribution >= 4 is 17.5 Å². The summed E-state index contributed by atoms with van der Waals surface area (Å²) in [5.41, 5.74) is -0.362. The first kappa shape index (κ1) is 9.76. The molecule has 0 aromatic heterocycles. The summed E-state index contributed by atoms with van der Waals surface area (Å²) in [7, 11) is 0. The molecule has 0 saturated carbocycles. The second kappa shape index (κ2) is 3.24. The van der Waals surface area contributed by atoms with Crippen LogP contribution in [0.3, 0.4) is 0 Å². The molecule has 0 rings (SSSR count). The lowest BCUT2D eigenvalue weighted by atomic mass is 9.89. The van der Waals surface area contributed by atoms with Crippen LogP contribution >= 0.6 is 11.8 Å². The van der Waals surface area contributed by atoms with Gasteiger partial charge < -0.3 is 0 Å². The summed E-state index contributed by atoms with van der Waals surface area (Å²) in [6.45, 7) is 9.20. The lowest BCUT2D eigenvalue weighted by Crippen LogP contribution is -2.21. The molecule has 0 aliphatic rings. The molecule has 2 heteroatoms. The molecule has 0 unspecified atom stereocenters. The van der Waals surface area contributed by atoms with Crippen LogP contribution in [0.4, 0.5) is 0 Å². The quantitative estimate of drug-likeness (QED) is 0.627. The van der Waals surface area contributed by atoms with Gasteiger partial charge in [-0.1, -0.05) is 6.58 Å². The standard InChI is InChI=1S/C8H14OS/c1-6(9)8(3,4)7(2)10-5/h2H2,1,3-5H3. The van der Waals surface area contributed by atoms with E-state index in [-0.39, 0.29) is 11.2 Å². The SMILES string of the molecule is C=C(SC)C(C)(C)C(C)=O. The third-order valence-corrected chi connectivity index (χ3v) is 2.83. The minimum absolute atomic E-state index is 0.173. The Morgan fingerprint density at radius 1 is 1.50 bits per heavy atom. The van der Waals surface area contributed by atoms with Crippen LogP contribution in [0.1, 0.15) is 20.8 Å². The van der Waals surface area contributed by atoms with Crippen LogP contribution in [0.2, 0.25) is 0 Å². The van der Waals surface area contributed by atoms with Crippen LogP contribution in [0.15, 0.2) is 11.5 Å². The molecular weight excluding hydrogens is 144 g/mol. The Kier molecular flexibility index (Phi) is 3.16. The van der Waals surface area contributed by atoms with Crippen molar-refractivity contribution in [3.63, 3.8) is 0 Å². The fourth-order valence-corrected chi connectivity index (χ4v) is 1.11. The van der Waals surface area contributed by atoms with Gasteiger partial charge in [-0.25, -0.2) is 0 Å². The molecule has 0 fully saturated rings. The highest BCUT2D eigenvalue weighted by Crippen LogP contribution is 2.32. The van der Waals surface area contributed by atoms with E-state index in [0.717, 1.165) is 4.91 Å². The van der Waals surface area contributed by atoms with Gasteiger partial charge in [-0.3, -0.25) is 4.79 Å². The van der Waals surface area contributed by atoms with Crippen molar-refractivity contribution in [2.75, 3.05) is 6.26 Å². The van der Waals surface area contributed by atoms with E-state index in [0.29, 0.717) is 0 Å². The summed E-state index contributed by atoms with van der Waals surface area (Å²) in [4.78, 5) is 11.9. The topological polar surface area (TPSA) is 17.1 Å². The second-order valence-corrected chi connectivity index (χ2v) is 3.71. The lowest BCUT2D eigenvalue weighted by molar-refractivity contribution is -0.122. The van der Waals surface area contributed by atoms with Crippen LogP contribution in [-0.4, -0.2) is 12.0 Å². The van der Waals surface area contributed by atoms with E-state index in [4.69, 9.17) is 0 Å². The Hall–Kier alpha value is -0.240. The number of hydrogen-bond acceptors (Lipinski definition) is 2. The second-order valence-electron chi connectivity index (χ2n) is 2.81. The van der Waals surface area contributed by atoms with Crippen molar-refractivity contribution in [1.82, 2.24) is 0 Å². The highest BCUT2D eigenvalue weighted by Gasteiger charge is 2.26. The summed E-state index contributed by atoms with van der Waals surface area (Å²) >= 11 is 1.54. The van der Waals surface area contributed by atoms with E-state index in [2.05, 4.69) is 6.58 Å². The van der Waals surface area contributed by atoms with Crippen molar-refractivity contribution in [2.24, 2.45) is 5.41 Å². The zero-order valence-electron chi connectivity index (χ0n) is 7.02.